The van der Waals surface area contributed by atoms with E-state index >= 15 is 0 Å². The first-order valence-electron chi connectivity index (χ1n) is 6.40. The third-order valence-corrected chi connectivity index (χ3v) is 3.14. The van der Waals surface area contributed by atoms with Crippen LogP contribution in [0.2, 0.25) is 0 Å². The highest BCUT2D eigenvalue weighted by Gasteiger charge is 2.16. The van der Waals surface area contributed by atoms with E-state index in [0.29, 0.717) is 16.9 Å². The summed E-state index contributed by atoms with van der Waals surface area (Å²) in [5.41, 5.74) is 1.44. The third-order valence-electron chi connectivity index (χ3n) is 3.14. The van der Waals surface area contributed by atoms with E-state index in [4.69, 9.17) is 5.11 Å². The van der Waals surface area contributed by atoms with Gasteiger partial charge >= 0.3 is 5.97 Å². The van der Waals surface area contributed by atoms with Gasteiger partial charge in [0, 0.05) is 5.56 Å². The van der Waals surface area contributed by atoms with Gasteiger partial charge in [-0.1, -0.05) is 0 Å². The zero-order chi connectivity index (χ0) is 15.7. The van der Waals surface area contributed by atoms with E-state index in [2.05, 4.69) is 5.10 Å². The maximum absolute atomic E-state index is 13.0. The number of nitrogens with zero attached hydrogens (tertiary/aromatic N) is 2. The number of carbonyl (C=O) groups is 1. The van der Waals surface area contributed by atoms with Gasteiger partial charge in [0.15, 0.2) is 5.69 Å². The van der Waals surface area contributed by atoms with Crippen LogP contribution in [0.1, 0.15) is 10.5 Å². The minimum atomic E-state index is -1.18. The first-order chi connectivity index (χ1) is 10.5. The van der Waals surface area contributed by atoms with Crippen LogP contribution in [0.3, 0.4) is 0 Å². The Morgan fingerprint density at radius 3 is 2.05 bits per heavy atom. The normalized spacial score (nSPS) is 10.6. The molecule has 0 amide bonds. The van der Waals surface area contributed by atoms with Crippen molar-refractivity contribution in [3.8, 4) is 16.9 Å². The predicted octanol–water partition coefficient (Wildman–Crippen LogP) is 3.52. The SMILES string of the molecule is O=C(O)c1cc(-c2ccc(F)cc2)n(-c2ccc(F)cc2)n1. The van der Waals surface area contributed by atoms with Crippen molar-refractivity contribution in [2.75, 3.05) is 0 Å². The van der Waals surface area contributed by atoms with E-state index in [1.165, 1.54) is 59.3 Å². The third kappa shape index (κ3) is 2.58. The summed E-state index contributed by atoms with van der Waals surface area (Å²) >= 11 is 0. The van der Waals surface area contributed by atoms with Crippen molar-refractivity contribution in [2.45, 2.75) is 0 Å². The fourth-order valence-corrected chi connectivity index (χ4v) is 2.09. The van der Waals surface area contributed by atoms with Crippen LogP contribution in [0.15, 0.2) is 54.6 Å². The molecule has 1 N–H and O–H groups in total. The van der Waals surface area contributed by atoms with Crippen LogP contribution in [0.5, 0.6) is 0 Å². The Hall–Kier alpha value is -3.02. The van der Waals surface area contributed by atoms with Crippen LogP contribution in [0.4, 0.5) is 8.78 Å². The zero-order valence-corrected chi connectivity index (χ0v) is 11.2. The lowest BCUT2D eigenvalue weighted by Gasteiger charge is -2.07. The van der Waals surface area contributed by atoms with Crippen LogP contribution in [-0.2, 0) is 0 Å². The van der Waals surface area contributed by atoms with Crippen molar-refractivity contribution in [1.82, 2.24) is 9.78 Å². The topological polar surface area (TPSA) is 55.1 Å². The lowest BCUT2D eigenvalue weighted by atomic mass is 10.1. The first kappa shape index (κ1) is 13.9. The maximum atomic E-state index is 13.0. The quantitative estimate of drug-likeness (QED) is 0.805. The molecule has 110 valence electrons. The molecule has 0 radical (unpaired) electrons. The molecule has 4 nitrogen and oxygen atoms in total. The molecule has 0 aliphatic heterocycles. The Morgan fingerprint density at radius 2 is 1.50 bits per heavy atom. The fourth-order valence-electron chi connectivity index (χ4n) is 2.09. The molecule has 3 aromatic rings. The van der Waals surface area contributed by atoms with Gasteiger partial charge in [-0.05, 0) is 54.6 Å². The number of rotatable bonds is 3. The largest absolute Gasteiger partial charge is 0.476 e. The second-order valence-corrected chi connectivity index (χ2v) is 4.62. The standard InChI is InChI=1S/C16H10F2N2O2/c17-11-3-1-10(2-4-11)15-9-14(16(21)22)19-20(15)13-7-5-12(18)6-8-13/h1-9H,(H,21,22). The molecule has 0 saturated heterocycles. The molecule has 1 heterocycles. The van der Waals surface area contributed by atoms with Gasteiger partial charge in [-0.2, -0.15) is 5.10 Å². The monoisotopic (exact) mass is 300 g/mol. The number of aromatic nitrogens is 2. The van der Waals surface area contributed by atoms with Gasteiger partial charge < -0.3 is 5.11 Å². The highest BCUT2D eigenvalue weighted by atomic mass is 19.1. The average Bonchev–Trinajstić information content (AvgIpc) is 2.94. The lowest BCUT2D eigenvalue weighted by molar-refractivity contribution is 0.0690. The van der Waals surface area contributed by atoms with Gasteiger partial charge in [-0.25, -0.2) is 18.3 Å². The van der Waals surface area contributed by atoms with Crippen LogP contribution in [-0.4, -0.2) is 20.9 Å². The van der Waals surface area contributed by atoms with Gasteiger partial charge in [0.25, 0.3) is 0 Å². The molecule has 6 heteroatoms. The molecular weight excluding hydrogens is 290 g/mol. The Balaban J connectivity index is 2.17. The molecule has 0 aliphatic rings. The summed E-state index contributed by atoms with van der Waals surface area (Å²) in [5.74, 6) is -1.98. The van der Waals surface area contributed by atoms with E-state index in [-0.39, 0.29) is 5.69 Å². The molecule has 0 spiro atoms. The van der Waals surface area contributed by atoms with Crippen molar-refractivity contribution >= 4 is 5.97 Å². The molecule has 0 bridgehead atoms. The molecule has 3 rings (SSSR count). The van der Waals surface area contributed by atoms with Crippen molar-refractivity contribution in [3.05, 3.63) is 71.9 Å². The summed E-state index contributed by atoms with van der Waals surface area (Å²) in [4.78, 5) is 11.1. The number of halogens is 2. The molecule has 0 atom stereocenters. The van der Waals surface area contributed by atoms with Crippen molar-refractivity contribution < 1.29 is 18.7 Å². The summed E-state index contributed by atoms with van der Waals surface area (Å²) < 4.78 is 27.5. The van der Waals surface area contributed by atoms with E-state index in [1.807, 2.05) is 0 Å². The Kier molecular flexibility index (Phi) is 3.42. The average molecular weight is 300 g/mol. The van der Waals surface area contributed by atoms with E-state index in [0.717, 1.165) is 0 Å². The lowest BCUT2D eigenvalue weighted by Crippen LogP contribution is -2.02. The van der Waals surface area contributed by atoms with Crippen molar-refractivity contribution in [1.29, 1.82) is 0 Å². The van der Waals surface area contributed by atoms with E-state index in [1.54, 1.807) is 0 Å². The maximum Gasteiger partial charge on any atom is 0.356 e. The number of carboxylic acids is 1. The molecular formula is C16H10F2N2O2. The van der Waals surface area contributed by atoms with Crippen LogP contribution in [0, 0.1) is 11.6 Å². The van der Waals surface area contributed by atoms with Crippen LogP contribution in [0.25, 0.3) is 16.9 Å². The number of carboxylic acid groups (broad SMARTS) is 1. The Labute approximate surface area is 124 Å². The first-order valence-corrected chi connectivity index (χ1v) is 6.40. The van der Waals surface area contributed by atoms with E-state index in [9.17, 15) is 13.6 Å². The highest BCUT2D eigenvalue weighted by Crippen LogP contribution is 2.24. The minimum Gasteiger partial charge on any atom is -0.476 e. The molecule has 0 unspecified atom stereocenters. The summed E-state index contributed by atoms with van der Waals surface area (Å²) in [5, 5.41) is 13.1. The molecule has 2 aromatic carbocycles. The molecule has 0 saturated carbocycles. The van der Waals surface area contributed by atoms with Gasteiger partial charge in [0.1, 0.15) is 11.6 Å². The van der Waals surface area contributed by atoms with Gasteiger partial charge in [-0.15, -0.1) is 0 Å². The minimum absolute atomic E-state index is 0.149. The predicted molar refractivity (Wildman–Crippen MR) is 75.9 cm³/mol. The highest BCUT2D eigenvalue weighted by molar-refractivity contribution is 5.87. The molecule has 0 aliphatic carbocycles. The Bertz CT molecular complexity index is 761. The smallest absolute Gasteiger partial charge is 0.356 e. The van der Waals surface area contributed by atoms with Crippen LogP contribution < -0.4 is 0 Å². The zero-order valence-electron chi connectivity index (χ0n) is 11.2. The molecule has 1 aromatic heterocycles. The Morgan fingerprint density at radius 1 is 0.955 bits per heavy atom. The van der Waals surface area contributed by atoms with Crippen molar-refractivity contribution in [3.63, 3.8) is 0 Å². The van der Waals surface area contributed by atoms with Gasteiger partial charge in [0.05, 0.1) is 11.4 Å². The second-order valence-electron chi connectivity index (χ2n) is 4.62. The van der Waals surface area contributed by atoms with Gasteiger partial charge in [0.2, 0.25) is 0 Å². The summed E-state index contributed by atoms with van der Waals surface area (Å²) in [6, 6.07) is 12.5. The summed E-state index contributed by atoms with van der Waals surface area (Å²) in [6.07, 6.45) is 0. The number of hydrogen-bond acceptors (Lipinski definition) is 2. The number of benzene rings is 2. The second kappa shape index (κ2) is 5.40. The number of aromatic carboxylic acids is 1. The number of hydrogen-bond donors (Lipinski definition) is 1. The van der Waals surface area contributed by atoms with E-state index < -0.39 is 17.6 Å². The molecule has 22 heavy (non-hydrogen) atoms. The summed E-state index contributed by atoms with van der Waals surface area (Å²) in [7, 11) is 0. The van der Waals surface area contributed by atoms with Gasteiger partial charge in [-0.3, -0.25) is 0 Å². The fraction of sp³-hybridized carbons (Fsp3) is 0. The molecule has 0 fully saturated rings. The van der Waals surface area contributed by atoms with Crippen molar-refractivity contribution in [2.24, 2.45) is 0 Å². The van der Waals surface area contributed by atoms with Crippen LogP contribution >= 0.6 is 0 Å². The summed E-state index contributed by atoms with van der Waals surface area (Å²) in [6.45, 7) is 0.